The molecule has 0 radical (unpaired) electrons. The SMILES string of the molecule is CCCOc1cc(C(=O)N[C@@H]2C[C@@H]3CC[C@H]2N3C#N)ccc1-c1cnn(C)c1. The molecule has 2 aliphatic rings. The highest BCUT2D eigenvalue weighted by atomic mass is 16.5. The van der Waals surface area contributed by atoms with Crippen LogP contribution in [0.5, 0.6) is 5.75 Å². The number of aromatic nitrogens is 2. The van der Waals surface area contributed by atoms with Gasteiger partial charge in [0.05, 0.1) is 24.9 Å². The van der Waals surface area contributed by atoms with Crippen LogP contribution in [0.2, 0.25) is 0 Å². The van der Waals surface area contributed by atoms with Gasteiger partial charge < -0.3 is 15.0 Å². The molecule has 2 fully saturated rings. The first kappa shape index (κ1) is 18.4. The number of hydrogen-bond acceptors (Lipinski definition) is 5. The predicted molar refractivity (Wildman–Crippen MR) is 105 cm³/mol. The maximum Gasteiger partial charge on any atom is 0.251 e. The van der Waals surface area contributed by atoms with Crippen molar-refractivity contribution in [1.82, 2.24) is 20.0 Å². The van der Waals surface area contributed by atoms with Crippen LogP contribution in [-0.2, 0) is 7.05 Å². The molecule has 0 aliphatic carbocycles. The first-order valence-electron chi connectivity index (χ1n) is 9.85. The van der Waals surface area contributed by atoms with E-state index in [0.29, 0.717) is 17.9 Å². The van der Waals surface area contributed by atoms with Gasteiger partial charge in [-0.05, 0) is 43.9 Å². The van der Waals surface area contributed by atoms with Crippen LogP contribution in [0.4, 0.5) is 0 Å². The van der Waals surface area contributed by atoms with Crippen LogP contribution >= 0.6 is 0 Å². The molecule has 3 atom stereocenters. The van der Waals surface area contributed by atoms with Crippen molar-refractivity contribution in [1.29, 1.82) is 5.26 Å². The number of amides is 1. The number of carbonyl (C=O) groups excluding carboxylic acids is 1. The molecule has 3 heterocycles. The maximum atomic E-state index is 12.9. The zero-order chi connectivity index (χ0) is 19.7. The highest BCUT2D eigenvalue weighted by Crippen LogP contribution is 2.37. The van der Waals surface area contributed by atoms with Gasteiger partial charge in [-0.3, -0.25) is 9.48 Å². The fourth-order valence-electron chi connectivity index (χ4n) is 4.35. The van der Waals surface area contributed by atoms with Gasteiger partial charge in [0.1, 0.15) is 5.75 Å². The van der Waals surface area contributed by atoms with Crippen molar-refractivity contribution in [3.8, 4) is 23.1 Å². The average molecular weight is 379 g/mol. The molecule has 0 unspecified atom stereocenters. The second-order valence-corrected chi connectivity index (χ2v) is 7.58. The van der Waals surface area contributed by atoms with E-state index in [1.807, 2.05) is 36.3 Å². The Morgan fingerprint density at radius 3 is 2.96 bits per heavy atom. The molecular formula is C21H25N5O2. The molecular weight excluding hydrogens is 354 g/mol. The zero-order valence-electron chi connectivity index (χ0n) is 16.3. The number of nitrogens with zero attached hydrogens (tertiary/aromatic N) is 4. The van der Waals surface area contributed by atoms with E-state index in [0.717, 1.165) is 36.8 Å². The normalized spacial score (nSPS) is 22.9. The molecule has 0 saturated carbocycles. The molecule has 146 valence electrons. The second kappa shape index (κ2) is 7.55. The van der Waals surface area contributed by atoms with Crippen LogP contribution < -0.4 is 10.1 Å². The summed E-state index contributed by atoms with van der Waals surface area (Å²) >= 11 is 0. The minimum Gasteiger partial charge on any atom is -0.493 e. The molecule has 1 N–H and O–H groups in total. The lowest BCUT2D eigenvalue weighted by atomic mass is 9.95. The van der Waals surface area contributed by atoms with Crippen LogP contribution in [0.1, 0.15) is 43.0 Å². The third kappa shape index (κ3) is 3.31. The maximum absolute atomic E-state index is 12.9. The number of hydrogen-bond donors (Lipinski definition) is 1. The molecule has 2 saturated heterocycles. The van der Waals surface area contributed by atoms with E-state index < -0.39 is 0 Å². The number of nitrogens with one attached hydrogen (secondary N) is 1. The van der Waals surface area contributed by atoms with Crippen molar-refractivity contribution >= 4 is 5.91 Å². The summed E-state index contributed by atoms with van der Waals surface area (Å²) in [5.41, 5.74) is 2.46. The standard InChI is InChI=1S/C21H25N5O2/c1-3-8-28-20-9-14(4-6-17(20)15-11-23-25(2)12-15)21(27)24-18-10-16-5-7-19(18)26(16)13-22/h4,6,9,11-12,16,18-19H,3,5,7-8,10H2,1-2H3,(H,24,27)/t16-,18+,19+/m0/s1. The van der Waals surface area contributed by atoms with Crippen molar-refractivity contribution in [2.75, 3.05) is 6.61 Å². The number of aryl methyl sites for hydroxylation is 1. The smallest absolute Gasteiger partial charge is 0.251 e. The Morgan fingerprint density at radius 1 is 1.43 bits per heavy atom. The van der Waals surface area contributed by atoms with E-state index in [-0.39, 0.29) is 24.0 Å². The topological polar surface area (TPSA) is 83.2 Å². The molecule has 1 amide bonds. The van der Waals surface area contributed by atoms with Gasteiger partial charge in [-0.25, -0.2) is 0 Å². The fraction of sp³-hybridized carbons (Fsp3) is 0.476. The van der Waals surface area contributed by atoms with Crippen LogP contribution in [0, 0.1) is 11.5 Å². The first-order valence-corrected chi connectivity index (χ1v) is 9.85. The van der Waals surface area contributed by atoms with Crippen molar-refractivity contribution < 1.29 is 9.53 Å². The molecule has 2 bridgehead atoms. The molecule has 7 nitrogen and oxygen atoms in total. The number of rotatable bonds is 6. The Hall–Kier alpha value is -3.01. The molecule has 2 aromatic rings. The highest BCUT2D eigenvalue weighted by Gasteiger charge is 2.46. The van der Waals surface area contributed by atoms with E-state index in [1.165, 1.54) is 0 Å². The number of benzene rings is 1. The summed E-state index contributed by atoms with van der Waals surface area (Å²) in [7, 11) is 1.87. The number of fused-ring (bicyclic) bond motifs is 2. The van der Waals surface area contributed by atoms with Gasteiger partial charge >= 0.3 is 0 Å². The van der Waals surface area contributed by atoms with E-state index in [1.54, 1.807) is 10.9 Å². The van der Waals surface area contributed by atoms with E-state index >= 15 is 0 Å². The van der Waals surface area contributed by atoms with Gasteiger partial charge in [-0.2, -0.15) is 10.4 Å². The molecule has 4 rings (SSSR count). The summed E-state index contributed by atoms with van der Waals surface area (Å²) in [6.07, 6.45) is 9.74. The van der Waals surface area contributed by atoms with E-state index in [9.17, 15) is 10.1 Å². The largest absolute Gasteiger partial charge is 0.493 e. The van der Waals surface area contributed by atoms with Gasteiger partial charge in [0.2, 0.25) is 0 Å². The predicted octanol–water partition coefficient (Wildman–Crippen LogP) is 2.69. The lowest BCUT2D eigenvalue weighted by Gasteiger charge is -2.22. The Morgan fingerprint density at radius 2 is 2.29 bits per heavy atom. The average Bonchev–Trinajstić information content (AvgIpc) is 3.39. The molecule has 0 spiro atoms. The van der Waals surface area contributed by atoms with Crippen LogP contribution in [-0.4, -0.2) is 45.3 Å². The lowest BCUT2D eigenvalue weighted by Crippen LogP contribution is -2.43. The molecule has 1 aromatic carbocycles. The molecule has 2 aliphatic heterocycles. The van der Waals surface area contributed by atoms with Crippen molar-refractivity contribution in [3.63, 3.8) is 0 Å². The van der Waals surface area contributed by atoms with Crippen LogP contribution in [0.25, 0.3) is 11.1 Å². The number of ether oxygens (including phenoxy) is 1. The summed E-state index contributed by atoms with van der Waals surface area (Å²) in [5.74, 6) is 0.573. The number of nitriles is 1. The Labute approximate surface area is 164 Å². The van der Waals surface area contributed by atoms with Gasteiger partial charge in [0.25, 0.3) is 5.91 Å². The van der Waals surface area contributed by atoms with Crippen molar-refractivity contribution in [2.45, 2.75) is 50.7 Å². The lowest BCUT2D eigenvalue weighted by molar-refractivity contribution is 0.0928. The fourth-order valence-corrected chi connectivity index (χ4v) is 4.35. The van der Waals surface area contributed by atoms with Crippen molar-refractivity contribution in [3.05, 3.63) is 36.2 Å². The van der Waals surface area contributed by atoms with Gasteiger partial charge in [-0.1, -0.05) is 6.92 Å². The minimum absolute atomic E-state index is 0.0314. The summed E-state index contributed by atoms with van der Waals surface area (Å²) in [4.78, 5) is 14.7. The Kier molecular flexibility index (Phi) is 4.95. The molecule has 7 heteroatoms. The first-order chi connectivity index (χ1) is 13.6. The number of carbonyl (C=O) groups is 1. The summed E-state index contributed by atoms with van der Waals surface area (Å²) in [6.45, 7) is 2.64. The summed E-state index contributed by atoms with van der Waals surface area (Å²) < 4.78 is 7.67. The Bertz CT molecular complexity index is 916. The monoisotopic (exact) mass is 379 g/mol. The summed E-state index contributed by atoms with van der Waals surface area (Å²) in [5, 5.41) is 16.7. The van der Waals surface area contributed by atoms with E-state index in [2.05, 4.69) is 23.5 Å². The van der Waals surface area contributed by atoms with Crippen LogP contribution in [0.15, 0.2) is 30.6 Å². The van der Waals surface area contributed by atoms with Crippen LogP contribution in [0.3, 0.4) is 0 Å². The molecule has 1 aromatic heterocycles. The summed E-state index contributed by atoms with van der Waals surface area (Å²) in [6, 6.07) is 5.98. The zero-order valence-corrected chi connectivity index (χ0v) is 16.3. The Balaban J connectivity index is 1.54. The second-order valence-electron chi connectivity index (χ2n) is 7.58. The highest BCUT2D eigenvalue weighted by molar-refractivity contribution is 5.95. The van der Waals surface area contributed by atoms with Gasteiger partial charge in [0.15, 0.2) is 6.19 Å². The van der Waals surface area contributed by atoms with Crippen molar-refractivity contribution in [2.24, 2.45) is 7.05 Å². The van der Waals surface area contributed by atoms with Gasteiger partial charge in [-0.15, -0.1) is 0 Å². The van der Waals surface area contributed by atoms with Gasteiger partial charge in [0, 0.05) is 36.0 Å². The molecule has 28 heavy (non-hydrogen) atoms. The van der Waals surface area contributed by atoms with E-state index in [4.69, 9.17) is 4.74 Å². The third-order valence-corrected chi connectivity index (χ3v) is 5.69. The minimum atomic E-state index is -0.116. The third-order valence-electron chi connectivity index (χ3n) is 5.69. The quantitative estimate of drug-likeness (QED) is 0.780.